The highest BCUT2D eigenvalue weighted by atomic mass is 16.5. The fourth-order valence-corrected chi connectivity index (χ4v) is 2.90. The maximum Gasteiger partial charge on any atom is 0.162 e. The number of hydrogen-bond donors (Lipinski definition) is 0. The minimum absolute atomic E-state index is 0.716. The summed E-state index contributed by atoms with van der Waals surface area (Å²) >= 11 is 0. The number of aromatic nitrogens is 2. The first-order chi connectivity index (χ1) is 12.3. The number of hydrogen-bond acceptors (Lipinski definition) is 3. The molecule has 0 saturated carbocycles. The normalized spacial score (nSPS) is 10.8. The van der Waals surface area contributed by atoms with Crippen LogP contribution in [-0.4, -0.2) is 16.6 Å². The highest BCUT2D eigenvalue weighted by Gasteiger charge is 2.08. The van der Waals surface area contributed by atoms with Crippen LogP contribution in [0, 0.1) is 0 Å². The lowest BCUT2D eigenvalue weighted by atomic mass is 10.1. The lowest BCUT2D eigenvalue weighted by Crippen LogP contribution is -1.99. The van der Waals surface area contributed by atoms with Crippen LogP contribution in [0.3, 0.4) is 0 Å². The molecule has 25 heavy (non-hydrogen) atoms. The molecule has 2 aromatic rings. The highest BCUT2D eigenvalue weighted by molar-refractivity contribution is 5.63. The van der Waals surface area contributed by atoms with Crippen molar-refractivity contribution in [1.82, 2.24) is 9.97 Å². The minimum atomic E-state index is 0.716. The van der Waals surface area contributed by atoms with Crippen molar-refractivity contribution < 1.29 is 4.74 Å². The zero-order valence-corrected chi connectivity index (χ0v) is 15.8. The molecule has 3 nitrogen and oxygen atoms in total. The Hall–Kier alpha value is -1.90. The Morgan fingerprint density at radius 3 is 2.20 bits per heavy atom. The Bertz CT molecular complexity index is 595. The quantitative estimate of drug-likeness (QED) is 0.430. The van der Waals surface area contributed by atoms with E-state index < -0.39 is 0 Å². The minimum Gasteiger partial charge on any atom is -0.493 e. The van der Waals surface area contributed by atoms with Crippen LogP contribution in [0.5, 0.6) is 5.75 Å². The van der Waals surface area contributed by atoms with Crippen LogP contribution in [0.1, 0.15) is 70.8 Å². The van der Waals surface area contributed by atoms with Gasteiger partial charge in [0.2, 0.25) is 0 Å². The van der Waals surface area contributed by atoms with E-state index in [0.29, 0.717) is 6.61 Å². The average Bonchev–Trinajstić information content (AvgIpc) is 2.66. The number of rotatable bonds is 12. The molecule has 0 saturated heterocycles. The SMILES string of the molecule is CCCCCCCCCc1cnc(-c2ccccc2OCCC)nc1. The first-order valence-electron chi connectivity index (χ1n) is 9.88. The Morgan fingerprint density at radius 1 is 0.800 bits per heavy atom. The molecular formula is C22H32N2O. The summed E-state index contributed by atoms with van der Waals surface area (Å²) < 4.78 is 5.81. The van der Waals surface area contributed by atoms with E-state index in [0.717, 1.165) is 30.0 Å². The van der Waals surface area contributed by atoms with Crippen molar-refractivity contribution in [2.75, 3.05) is 6.61 Å². The van der Waals surface area contributed by atoms with Gasteiger partial charge in [-0.25, -0.2) is 9.97 Å². The van der Waals surface area contributed by atoms with Crippen LogP contribution in [0.2, 0.25) is 0 Å². The van der Waals surface area contributed by atoms with E-state index in [1.54, 1.807) is 0 Å². The van der Waals surface area contributed by atoms with Crippen LogP contribution in [-0.2, 0) is 6.42 Å². The molecule has 0 radical (unpaired) electrons. The monoisotopic (exact) mass is 340 g/mol. The molecule has 3 heteroatoms. The molecule has 0 N–H and O–H groups in total. The summed E-state index contributed by atoms with van der Waals surface area (Å²) in [4.78, 5) is 9.13. The Kier molecular flexibility index (Phi) is 9.03. The Labute approximate surface area is 152 Å². The first-order valence-corrected chi connectivity index (χ1v) is 9.88. The van der Waals surface area contributed by atoms with Gasteiger partial charge in [-0.05, 0) is 37.0 Å². The summed E-state index contributed by atoms with van der Waals surface area (Å²) in [6.07, 6.45) is 15.3. The van der Waals surface area contributed by atoms with Crippen LogP contribution < -0.4 is 4.74 Å². The number of para-hydroxylation sites is 1. The molecule has 0 aliphatic heterocycles. The summed E-state index contributed by atoms with van der Waals surface area (Å²) in [6.45, 7) is 5.09. The van der Waals surface area contributed by atoms with E-state index in [9.17, 15) is 0 Å². The predicted octanol–water partition coefficient (Wildman–Crippen LogP) is 6.23. The van der Waals surface area contributed by atoms with Crippen LogP contribution in [0.25, 0.3) is 11.4 Å². The van der Waals surface area contributed by atoms with Gasteiger partial charge in [0.15, 0.2) is 5.82 Å². The van der Waals surface area contributed by atoms with E-state index in [1.165, 1.54) is 50.5 Å². The topological polar surface area (TPSA) is 35.0 Å². The number of unbranched alkanes of at least 4 members (excludes halogenated alkanes) is 6. The molecule has 1 aromatic carbocycles. The van der Waals surface area contributed by atoms with Gasteiger partial charge < -0.3 is 4.74 Å². The van der Waals surface area contributed by atoms with E-state index in [4.69, 9.17) is 4.74 Å². The molecular weight excluding hydrogens is 308 g/mol. The maximum atomic E-state index is 5.81. The standard InChI is InChI=1S/C22H32N2O/c1-3-5-6-7-8-9-10-13-19-17-23-22(24-18-19)20-14-11-12-15-21(20)25-16-4-2/h11-12,14-15,17-18H,3-10,13,16H2,1-2H3. The fraction of sp³-hybridized carbons (Fsp3) is 0.545. The third-order valence-corrected chi connectivity index (χ3v) is 4.36. The largest absolute Gasteiger partial charge is 0.493 e. The zero-order chi connectivity index (χ0) is 17.7. The molecule has 0 amide bonds. The average molecular weight is 341 g/mol. The molecule has 0 aliphatic rings. The summed E-state index contributed by atoms with van der Waals surface area (Å²) in [7, 11) is 0. The summed E-state index contributed by atoms with van der Waals surface area (Å²) in [5.41, 5.74) is 2.20. The van der Waals surface area contributed by atoms with E-state index in [-0.39, 0.29) is 0 Å². The fourth-order valence-electron chi connectivity index (χ4n) is 2.90. The molecule has 1 aromatic heterocycles. The van der Waals surface area contributed by atoms with Gasteiger partial charge in [0.25, 0.3) is 0 Å². The summed E-state index contributed by atoms with van der Waals surface area (Å²) in [5.74, 6) is 1.61. The van der Waals surface area contributed by atoms with Crippen molar-refractivity contribution in [1.29, 1.82) is 0 Å². The molecule has 0 aliphatic carbocycles. The third-order valence-electron chi connectivity index (χ3n) is 4.36. The van der Waals surface area contributed by atoms with E-state index >= 15 is 0 Å². The van der Waals surface area contributed by atoms with Gasteiger partial charge in [-0.3, -0.25) is 0 Å². The van der Waals surface area contributed by atoms with Crippen molar-refractivity contribution in [3.05, 3.63) is 42.2 Å². The smallest absolute Gasteiger partial charge is 0.162 e. The molecule has 1 heterocycles. The van der Waals surface area contributed by atoms with Gasteiger partial charge in [0, 0.05) is 12.4 Å². The number of nitrogens with zero attached hydrogens (tertiary/aromatic N) is 2. The molecule has 0 atom stereocenters. The lowest BCUT2D eigenvalue weighted by molar-refractivity contribution is 0.318. The van der Waals surface area contributed by atoms with Crippen LogP contribution >= 0.6 is 0 Å². The number of aryl methyl sites for hydroxylation is 1. The third kappa shape index (κ3) is 6.85. The van der Waals surface area contributed by atoms with Gasteiger partial charge >= 0.3 is 0 Å². The van der Waals surface area contributed by atoms with Gasteiger partial charge in [-0.2, -0.15) is 0 Å². The van der Waals surface area contributed by atoms with Crippen molar-refractivity contribution in [2.45, 2.75) is 71.6 Å². The maximum absolute atomic E-state index is 5.81. The van der Waals surface area contributed by atoms with Gasteiger partial charge in [0.1, 0.15) is 5.75 Å². The van der Waals surface area contributed by atoms with Gasteiger partial charge in [-0.15, -0.1) is 0 Å². The van der Waals surface area contributed by atoms with Crippen molar-refractivity contribution in [3.63, 3.8) is 0 Å². The second-order valence-corrected chi connectivity index (χ2v) is 6.63. The molecule has 0 bridgehead atoms. The second kappa shape index (κ2) is 11.6. The van der Waals surface area contributed by atoms with Crippen LogP contribution in [0.4, 0.5) is 0 Å². The molecule has 2 rings (SSSR count). The summed E-state index contributed by atoms with van der Waals surface area (Å²) in [6, 6.07) is 8.00. The molecule has 0 unspecified atom stereocenters. The molecule has 136 valence electrons. The van der Waals surface area contributed by atoms with Crippen molar-refractivity contribution in [2.24, 2.45) is 0 Å². The molecule has 0 fully saturated rings. The van der Waals surface area contributed by atoms with Crippen molar-refractivity contribution >= 4 is 0 Å². The van der Waals surface area contributed by atoms with Crippen molar-refractivity contribution in [3.8, 4) is 17.1 Å². The van der Waals surface area contributed by atoms with Gasteiger partial charge in [0.05, 0.1) is 12.2 Å². The number of benzene rings is 1. The highest BCUT2D eigenvalue weighted by Crippen LogP contribution is 2.27. The lowest BCUT2D eigenvalue weighted by Gasteiger charge is -2.10. The molecule has 0 spiro atoms. The first kappa shape index (κ1) is 19.4. The van der Waals surface area contributed by atoms with Crippen LogP contribution in [0.15, 0.2) is 36.7 Å². The van der Waals surface area contributed by atoms with Gasteiger partial charge in [-0.1, -0.05) is 64.5 Å². The second-order valence-electron chi connectivity index (χ2n) is 6.63. The predicted molar refractivity (Wildman–Crippen MR) is 105 cm³/mol. The Morgan fingerprint density at radius 2 is 1.48 bits per heavy atom. The Balaban J connectivity index is 1.84. The van der Waals surface area contributed by atoms with E-state index in [2.05, 4.69) is 23.8 Å². The zero-order valence-electron chi connectivity index (χ0n) is 15.8. The van der Waals surface area contributed by atoms with E-state index in [1.807, 2.05) is 36.7 Å². The summed E-state index contributed by atoms with van der Waals surface area (Å²) in [5, 5.41) is 0. The number of ether oxygens (including phenoxy) is 1.